The van der Waals surface area contributed by atoms with Gasteiger partial charge in [-0.25, -0.2) is 4.98 Å². The van der Waals surface area contributed by atoms with E-state index in [1.54, 1.807) is 0 Å². The zero-order chi connectivity index (χ0) is 15.7. The van der Waals surface area contributed by atoms with Crippen molar-refractivity contribution in [2.24, 2.45) is 0 Å². The summed E-state index contributed by atoms with van der Waals surface area (Å²) in [5.74, 6) is 1.15. The maximum Gasteiger partial charge on any atom is 0.129 e. The summed E-state index contributed by atoms with van der Waals surface area (Å²) in [5.41, 5.74) is 2.56. The normalized spacial score (nSPS) is 11.1. The lowest BCUT2D eigenvalue weighted by atomic mass is 10.1. The molecule has 120 valence electrons. The first-order chi connectivity index (χ1) is 10.1. The van der Waals surface area contributed by atoms with Crippen molar-refractivity contribution in [3.05, 3.63) is 23.4 Å². The highest BCUT2D eigenvalue weighted by Gasteiger charge is 2.13. The fraction of sp³-hybridized carbons (Fsp3) is 0.722. The van der Waals surface area contributed by atoms with Crippen LogP contribution in [0.25, 0.3) is 0 Å². The van der Waals surface area contributed by atoms with Crippen LogP contribution in [0.5, 0.6) is 0 Å². The molecule has 1 heterocycles. The summed E-state index contributed by atoms with van der Waals surface area (Å²) >= 11 is 0. The molecule has 0 aromatic carbocycles. The van der Waals surface area contributed by atoms with Crippen LogP contribution in [0.3, 0.4) is 0 Å². The van der Waals surface area contributed by atoms with Crippen LogP contribution in [-0.2, 0) is 13.0 Å². The van der Waals surface area contributed by atoms with Crippen molar-refractivity contribution in [2.45, 2.75) is 72.4 Å². The molecular weight excluding hydrogens is 258 g/mol. The van der Waals surface area contributed by atoms with Crippen LogP contribution >= 0.6 is 0 Å². The molecule has 1 N–H and O–H groups in total. The summed E-state index contributed by atoms with van der Waals surface area (Å²) in [6.07, 6.45) is 6.01. The van der Waals surface area contributed by atoms with Gasteiger partial charge in [0.15, 0.2) is 0 Å². The summed E-state index contributed by atoms with van der Waals surface area (Å²) in [6, 6.07) is 4.99. The highest BCUT2D eigenvalue weighted by molar-refractivity contribution is 5.43. The van der Waals surface area contributed by atoms with Gasteiger partial charge in [-0.3, -0.25) is 0 Å². The molecule has 0 bridgehead atoms. The molecule has 0 aliphatic heterocycles. The van der Waals surface area contributed by atoms with Gasteiger partial charge in [-0.2, -0.15) is 0 Å². The van der Waals surface area contributed by atoms with E-state index in [1.165, 1.54) is 30.5 Å². The van der Waals surface area contributed by atoms with Crippen LogP contribution in [0.15, 0.2) is 12.1 Å². The third-order valence-electron chi connectivity index (χ3n) is 3.73. The van der Waals surface area contributed by atoms with Crippen molar-refractivity contribution in [3.8, 4) is 0 Å². The molecule has 3 nitrogen and oxygen atoms in total. The van der Waals surface area contributed by atoms with Gasteiger partial charge in [0.2, 0.25) is 0 Å². The number of aromatic nitrogens is 1. The van der Waals surface area contributed by atoms with E-state index in [4.69, 9.17) is 4.98 Å². The fourth-order valence-corrected chi connectivity index (χ4v) is 2.64. The van der Waals surface area contributed by atoms with E-state index >= 15 is 0 Å². The molecule has 0 saturated carbocycles. The molecule has 0 atom stereocenters. The Hall–Kier alpha value is -1.09. The Morgan fingerprint density at radius 2 is 1.90 bits per heavy atom. The maximum absolute atomic E-state index is 4.90. The second-order valence-electron chi connectivity index (χ2n) is 6.10. The van der Waals surface area contributed by atoms with Crippen LogP contribution in [0.1, 0.15) is 64.6 Å². The number of unbranched alkanes of at least 4 members (excludes halogenated alkanes) is 2. The Kier molecular flexibility index (Phi) is 8.36. The third-order valence-corrected chi connectivity index (χ3v) is 3.73. The predicted molar refractivity (Wildman–Crippen MR) is 93.0 cm³/mol. The van der Waals surface area contributed by atoms with E-state index in [0.717, 1.165) is 31.7 Å². The minimum Gasteiger partial charge on any atom is -0.354 e. The topological polar surface area (TPSA) is 28.2 Å². The van der Waals surface area contributed by atoms with Gasteiger partial charge in [0, 0.05) is 24.8 Å². The number of nitrogens with one attached hydrogen (secondary N) is 1. The quantitative estimate of drug-likeness (QED) is 0.656. The standard InChI is InChI=1S/C18H33N3/c1-6-8-9-11-21(15(3)4)18-13-16(14-19-5)12-17(20-18)10-7-2/h12-13,15,19H,6-11,14H2,1-5H3. The number of hydrogen-bond acceptors (Lipinski definition) is 3. The van der Waals surface area contributed by atoms with Crippen LogP contribution in [0.2, 0.25) is 0 Å². The molecule has 0 saturated heterocycles. The summed E-state index contributed by atoms with van der Waals surface area (Å²) in [5, 5.41) is 3.25. The smallest absolute Gasteiger partial charge is 0.129 e. The predicted octanol–water partition coefficient (Wildman–Crippen LogP) is 4.16. The molecule has 3 heteroatoms. The number of aryl methyl sites for hydroxylation is 1. The Morgan fingerprint density at radius 3 is 2.48 bits per heavy atom. The van der Waals surface area contributed by atoms with E-state index in [9.17, 15) is 0 Å². The zero-order valence-corrected chi connectivity index (χ0v) is 14.6. The van der Waals surface area contributed by atoms with Crippen molar-refractivity contribution in [1.82, 2.24) is 10.3 Å². The SMILES string of the molecule is CCCCCN(c1cc(CNC)cc(CCC)n1)C(C)C. The fourth-order valence-electron chi connectivity index (χ4n) is 2.64. The first-order valence-electron chi connectivity index (χ1n) is 8.53. The first kappa shape index (κ1) is 18.0. The van der Waals surface area contributed by atoms with Crippen LogP contribution in [0.4, 0.5) is 5.82 Å². The zero-order valence-electron chi connectivity index (χ0n) is 14.6. The largest absolute Gasteiger partial charge is 0.354 e. The van der Waals surface area contributed by atoms with Crippen molar-refractivity contribution in [1.29, 1.82) is 0 Å². The Labute approximate surface area is 131 Å². The number of hydrogen-bond donors (Lipinski definition) is 1. The molecule has 0 fully saturated rings. The lowest BCUT2D eigenvalue weighted by Crippen LogP contribution is -2.33. The minimum absolute atomic E-state index is 0.494. The molecule has 0 spiro atoms. The maximum atomic E-state index is 4.90. The second kappa shape index (κ2) is 9.78. The number of pyridine rings is 1. The van der Waals surface area contributed by atoms with Gasteiger partial charge in [-0.05, 0) is 51.4 Å². The second-order valence-corrected chi connectivity index (χ2v) is 6.10. The number of nitrogens with zero attached hydrogens (tertiary/aromatic N) is 2. The average Bonchev–Trinajstić information content (AvgIpc) is 2.43. The summed E-state index contributed by atoms with van der Waals surface area (Å²) in [4.78, 5) is 7.36. The summed E-state index contributed by atoms with van der Waals surface area (Å²) in [7, 11) is 2.00. The van der Waals surface area contributed by atoms with Crippen LogP contribution < -0.4 is 10.2 Å². The molecule has 0 amide bonds. The summed E-state index contributed by atoms with van der Waals surface area (Å²) in [6.45, 7) is 11.0. The summed E-state index contributed by atoms with van der Waals surface area (Å²) < 4.78 is 0. The Bertz CT molecular complexity index is 377. The monoisotopic (exact) mass is 291 g/mol. The van der Waals surface area contributed by atoms with E-state index in [1.807, 2.05) is 7.05 Å². The van der Waals surface area contributed by atoms with E-state index < -0.39 is 0 Å². The van der Waals surface area contributed by atoms with Gasteiger partial charge in [-0.1, -0.05) is 33.1 Å². The minimum atomic E-state index is 0.494. The molecule has 1 rings (SSSR count). The third kappa shape index (κ3) is 6.04. The molecule has 0 unspecified atom stereocenters. The molecule has 0 radical (unpaired) electrons. The highest BCUT2D eigenvalue weighted by atomic mass is 15.2. The lowest BCUT2D eigenvalue weighted by molar-refractivity contribution is 0.617. The van der Waals surface area contributed by atoms with Crippen molar-refractivity contribution in [3.63, 3.8) is 0 Å². The Balaban J connectivity index is 2.98. The number of anilines is 1. The molecule has 21 heavy (non-hydrogen) atoms. The van der Waals surface area contributed by atoms with Gasteiger partial charge < -0.3 is 10.2 Å². The van der Waals surface area contributed by atoms with E-state index in [-0.39, 0.29) is 0 Å². The molecular formula is C18H33N3. The van der Waals surface area contributed by atoms with E-state index in [0.29, 0.717) is 6.04 Å². The van der Waals surface area contributed by atoms with Crippen LogP contribution in [0, 0.1) is 0 Å². The van der Waals surface area contributed by atoms with Crippen LogP contribution in [-0.4, -0.2) is 24.6 Å². The van der Waals surface area contributed by atoms with Crippen molar-refractivity contribution < 1.29 is 0 Å². The molecule has 0 aliphatic carbocycles. The van der Waals surface area contributed by atoms with Gasteiger partial charge in [0.25, 0.3) is 0 Å². The molecule has 1 aromatic rings. The highest BCUT2D eigenvalue weighted by Crippen LogP contribution is 2.19. The van der Waals surface area contributed by atoms with Crippen molar-refractivity contribution in [2.75, 3.05) is 18.5 Å². The van der Waals surface area contributed by atoms with Gasteiger partial charge >= 0.3 is 0 Å². The van der Waals surface area contributed by atoms with Gasteiger partial charge in [0.1, 0.15) is 5.82 Å². The van der Waals surface area contributed by atoms with Crippen molar-refractivity contribution >= 4 is 5.82 Å². The number of rotatable bonds is 10. The van der Waals surface area contributed by atoms with Gasteiger partial charge in [0.05, 0.1) is 0 Å². The molecule has 0 aliphatic rings. The first-order valence-corrected chi connectivity index (χ1v) is 8.53. The van der Waals surface area contributed by atoms with Gasteiger partial charge in [-0.15, -0.1) is 0 Å². The average molecular weight is 291 g/mol. The Morgan fingerprint density at radius 1 is 1.14 bits per heavy atom. The molecule has 1 aromatic heterocycles. The lowest BCUT2D eigenvalue weighted by Gasteiger charge is -2.29. The van der Waals surface area contributed by atoms with E-state index in [2.05, 4.69) is 50.0 Å².